The van der Waals surface area contributed by atoms with E-state index in [1.165, 1.54) is 257 Å². The molecule has 0 amide bonds. The van der Waals surface area contributed by atoms with Crippen molar-refractivity contribution in [1.29, 1.82) is 0 Å². The van der Waals surface area contributed by atoms with Crippen molar-refractivity contribution in [1.82, 2.24) is 0 Å². The minimum atomic E-state index is -0.764. The van der Waals surface area contributed by atoms with Crippen LogP contribution < -0.4 is 0 Å². The van der Waals surface area contributed by atoms with Crippen molar-refractivity contribution in [3.8, 4) is 0 Å². The van der Waals surface area contributed by atoms with Gasteiger partial charge in [0.05, 0.1) is 0 Å². The molecule has 0 aromatic rings. The summed E-state index contributed by atoms with van der Waals surface area (Å²) < 4.78 is 17.0. The van der Waals surface area contributed by atoms with Gasteiger partial charge in [-0.25, -0.2) is 0 Å². The van der Waals surface area contributed by atoms with Gasteiger partial charge in [-0.2, -0.15) is 0 Å². The summed E-state index contributed by atoms with van der Waals surface area (Å²) in [4.78, 5) is 38.3. The van der Waals surface area contributed by atoms with E-state index in [-0.39, 0.29) is 31.1 Å². The van der Waals surface area contributed by atoms with Gasteiger partial charge in [-0.1, -0.05) is 330 Å². The fourth-order valence-corrected chi connectivity index (χ4v) is 10.1. The minimum Gasteiger partial charge on any atom is -0.462 e. The predicted octanol–water partition coefficient (Wildman–Crippen LogP) is 21.6. The van der Waals surface area contributed by atoms with Gasteiger partial charge in [-0.05, 0) is 31.1 Å². The highest BCUT2D eigenvalue weighted by Crippen LogP contribution is 2.19. The van der Waals surface area contributed by atoms with Gasteiger partial charge >= 0.3 is 17.9 Å². The van der Waals surface area contributed by atoms with E-state index < -0.39 is 6.10 Å². The summed E-state index contributed by atoms with van der Waals surface area (Å²) in [6.07, 6.45) is 63.9. The second kappa shape index (κ2) is 57.7. The average molecular weight is 1000 g/mol. The van der Waals surface area contributed by atoms with Crippen LogP contribution in [0.1, 0.15) is 369 Å². The molecular weight excluding hydrogens is 877 g/mol. The van der Waals surface area contributed by atoms with Gasteiger partial charge in [0.25, 0.3) is 0 Å². The third-order valence-electron chi connectivity index (χ3n) is 15.3. The van der Waals surface area contributed by atoms with E-state index in [4.69, 9.17) is 14.2 Å². The Balaban J connectivity index is 4.27. The first-order chi connectivity index (χ1) is 34.8. The van der Waals surface area contributed by atoms with Crippen molar-refractivity contribution in [2.45, 2.75) is 375 Å². The molecule has 2 atom stereocenters. The average Bonchev–Trinajstić information content (AvgIpc) is 3.36. The molecule has 422 valence electrons. The van der Waals surface area contributed by atoms with Gasteiger partial charge in [0.15, 0.2) is 6.10 Å². The molecule has 0 N–H and O–H groups in total. The molecule has 0 bridgehead atoms. The Hall–Kier alpha value is -1.59. The van der Waals surface area contributed by atoms with Crippen LogP contribution in [0.2, 0.25) is 0 Å². The Bertz CT molecular complexity index is 1090. The van der Waals surface area contributed by atoms with E-state index in [2.05, 4.69) is 34.6 Å². The van der Waals surface area contributed by atoms with E-state index in [0.29, 0.717) is 19.3 Å². The summed E-state index contributed by atoms with van der Waals surface area (Å²) in [5.74, 6) is 0.896. The van der Waals surface area contributed by atoms with Crippen LogP contribution in [-0.4, -0.2) is 37.2 Å². The van der Waals surface area contributed by atoms with Crippen LogP contribution in [0, 0.1) is 11.8 Å². The summed E-state index contributed by atoms with van der Waals surface area (Å²) in [6, 6.07) is 0. The minimum absolute atomic E-state index is 0.0620. The van der Waals surface area contributed by atoms with Crippen molar-refractivity contribution < 1.29 is 28.6 Å². The highest BCUT2D eigenvalue weighted by Gasteiger charge is 2.19. The first-order valence-corrected chi connectivity index (χ1v) is 32.3. The van der Waals surface area contributed by atoms with Gasteiger partial charge in [0.1, 0.15) is 13.2 Å². The molecule has 0 radical (unpaired) electrons. The Kier molecular flexibility index (Phi) is 56.4. The molecular formula is C65H126O6. The summed E-state index contributed by atoms with van der Waals surface area (Å²) in [5.41, 5.74) is 0. The number of rotatable bonds is 59. The van der Waals surface area contributed by atoms with E-state index in [9.17, 15) is 14.4 Å². The van der Waals surface area contributed by atoms with Crippen molar-refractivity contribution in [2.75, 3.05) is 13.2 Å². The van der Waals surface area contributed by atoms with E-state index in [1.807, 2.05) is 0 Å². The zero-order chi connectivity index (χ0) is 51.8. The van der Waals surface area contributed by atoms with Crippen LogP contribution in [0.4, 0.5) is 0 Å². The Labute approximate surface area is 444 Å². The molecule has 0 aliphatic carbocycles. The lowest BCUT2D eigenvalue weighted by molar-refractivity contribution is -0.167. The molecule has 0 rings (SSSR count). The number of hydrogen-bond donors (Lipinski definition) is 0. The third-order valence-corrected chi connectivity index (χ3v) is 15.3. The van der Waals surface area contributed by atoms with E-state index >= 15 is 0 Å². The second-order valence-electron chi connectivity index (χ2n) is 23.1. The molecule has 0 fully saturated rings. The SMILES string of the molecule is CCCCCCCCCCCCCCCCCCCCC(=O)OC[C@H](COC(=O)CCCCCCCCCCCCC(C)CC)OC(=O)CCCCCCCCCCCCCCCCCCCCC(C)C. The molecule has 0 heterocycles. The van der Waals surface area contributed by atoms with Gasteiger partial charge in [0.2, 0.25) is 0 Å². The molecule has 0 spiro atoms. The molecule has 1 unspecified atom stereocenters. The fourth-order valence-electron chi connectivity index (χ4n) is 10.1. The van der Waals surface area contributed by atoms with Crippen LogP contribution in [0.5, 0.6) is 0 Å². The summed E-state index contributed by atoms with van der Waals surface area (Å²) in [7, 11) is 0. The standard InChI is InChI=1S/C65H126O6/c1-6-8-9-10-11-12-13-14-15-16-20-23-26-29-35-40-45-50-55-63(66)69-58-62(59-70-64(67)56-51-46-41-36-32-31-34-39-44-49-54-61(5)7-2)71-65(68)57-52-47-42-37-30-27-24-21-18-17-19-22-25-28-33-38-43-48-53-60(3)4/h60-62H,6-59H2,1-5H3/t61?,62-/m1/s1. The van der Waals surface area contributed by atoms with Crippen LogP contribution >= 0.6 is 0 Å². The van der Waals surface area contributed by atoms with Crippen LogP contribution in [0.3, 0.4) is 0 Å². The topological polar surface area (TPSA) is 78.9 Å². The molecule has 6 heteroatoms. The normalized spacial score (nSPS) is 12.4. The maximum atomic E-state index is 12.9. The van der Waals surface area contributed by atoms with E-state index in [1.54, 1.807) is 0 Å². The van der Waals surface area contributed by atoms with Crippen molar-refractivity contribution in [2.24, 2.45) is 11.8 Å². The summed E-state index contributed by atoms with van der Waals surface area (Å²) in [6.45, 7) is 11.5. The second-order valence-corrected chi connectivity index (χ2v) is 23.1. The largest absolute Gasteiger partial charge is 0.462 e. The number of hydrogen-bond acceptors (Lipinski definition) is 6. The molecule has 0 aromatic carbocycles. The molecule has 0 aliphatic rings. The predicted molar refractivity (Wildman–Crippen MR) is 307 cm³/mol. The van der Waals surface area contributed by atoms with Crippen molar-refractivity contribution >= 4 is 17.9 Å². The lowest BCUT2D eigenvalue weighted by Crippen LogP contribution is -2.30. The highest BCUT2D eigenvalue weighted by molar-refractivity contribution is 5.71. The maximum absolute atomic E-state index is 12.9. The smallest absolute Gasteiger partial charge is 0.306 e. The monoisotopic (exact) mass is 1000 g/mol. The van der Waals surface area contributed by atoms with Gasteiger partial charge in [-0.15, -0.1) is 0 Å². The lowest BCUT2D eigenvalue weighted by atomic mass is 9.99. The summed E-state index contributed by atoms with van der Waals surface area (Å²) >= 11 is 0. The Morgan fingerprint density at radius 2 is 0.535 bits per heavy atom. The molecule has 0 saturated heterocycles. The maximum Gasteiger partial charge on any atom is 0.306 e. The van der Waals surface area contributed by atoms with Crippen LogP contribution in [0.15, 0.2) is 0 Å². The van der Waals surface area contributed by atoms with Crippen LogP contribution in [-0.2, 0) is 28.6 Å². The zero-order valence-electron chi connectivity index (χ0n) is 48.9. The summed E-state index contributed by atoms with van der Waals surface area (Å²) in [5, 5.41) is 0. The molecule has 0 aliphatic heterocycles. The van der Waals surface area contributed by atoms with Crippen molar-refractivity contribution in [3.63, 3.8) is 0 Å². The number of esters is 3. The Morgan fingerprint density at radius 3 is 0.803 bits per heavy atom. The van der Waals surface area contributed by atoms with Gasteiger partial charge < -0.3 is 14.2 Å². The van der Waals surface area contributed by atoms with E-state index in [0.717, 1.165) is 69.6 Å². The molecule has 0 aromatic heterocycles. The first kappa shape index (κ1) is 69.4. The van der Waals surface area contributed by atoms with Gasteiger partial charge in [0, 0.05) is 19.3 Å². The quantitative estimate of drug-likeness (QED) is 0.0343. The third kappa shape index (κ3) is 57.5. The molecule has 6 nitrogen and oxygen atoms in total. The lowest BCUT2D eigenvalue weighted by Gasteiger charge is -2.18. The number of carbonyl (C=O) groups excluding carboxylic acids is 3. The molecule has 0 saturated carbocycles. The fraction of sp³-hybridized carbons (Fsp3) is 0.954. The number of ether oxygens (including phenoxy) is 3. The Morgan fingerprint density at radius 1 is 0.296 bits per heavy atom. The van der Waals surface area contributed by atoms with Crippen molar-refractivity contribution in [3.05, 3.63) is 0 Å². The van der Waals surface area contributed by atoms with Crippen LogP contribution in [0.25, 0.3) is 0 Å². The first-order valence-electron chi connectivity index (χ1n) is 32.3. The zero-order valence-corrected chi connectivity index (χ0v) is 48.9. The molecule has 71 heavy (non-hydrogen) atoms. The highest BCUT2D eigenvalue weighted by atomic mass is 16.6. The number of unbranched alkanes of at least 4 members (excludes halogenated alkanes) is 43. The van der Waals surface area contributed by atoms with Gasteiger partial charge in [-0.3, -0.25) is 14.4 Å². The number of carbonyl (C=O) groups is 3.